The van der Waals surface area contributed by atoms with Gasteiger partial charge in [0.15, 0.2) is 0 Å². The Kier molecular flexibility index (Phi) is 5.50. The Hall–Kier alpha value is -2.25. The number of hydrogen-bond donors (Lipinski definition) is 0. The maximum atomic E-state index is 13.1. The first-order valence-corrected chi connectivity index (χ1v) is 9.65. The van der Waals surface area contributed by atoms with E-state index in [1.54, 1.807) is 6.33 Å². The lowest BCUT2D eigenvalue weighted by molar-refractivity contribution is 0.249. The zero-order valence-corrected chi connectivity index (χ0v) is 15.9. The highest BCUT2D eigenvalue weighted by Gasteiger charge is 2.20. The largest absolute Gasteiger partial charge is 0.354 e. The molecular weight excluding hydrogens is 343 g/mol. The predicted octanol–water partition coefficient (Wildman–Crippen LogP) is 1.69. The third-order valence-electron chi connectivity index (χ3n) is 5.48. The third kappa shape index (κ3) is 4.54. The first kappa shape index (κ1) is 18.1. The second-order valence-electron chi connectivity index (χ2n) is 7.41. The lowest BCUT2D eigenvalue weighted by Crippen LogP contribution is -2.46. The van der Waals surface area contributed by atoms with Crippen LogP contribution in [0.15, 0.2) is 36.7 Å². The van der Waals surface area contributed by atoms with E-state index in [2.05, 4.69) is 42.7 Å². The van der Waals surface area contributed by atoms with E-state index in [9.17, 15) is 4.39 Å². The van der Waals surface area contributed by atoms with Gasteiger partial charge in [0.2, 0.25) is 0 Å². The van der Waals surface area contributed by atoms with Crippen LogP contribution in [-0.2, 0) is 6.54 Å². The van der Waals surface area contributed by atoms with Crippen molar-refractivity contribution in [3.05, 3.63) is 48.0 Å². The zero-order valence-electron chi connectivity index (χ0n) is 15.9. The van der Waals surface area contributed by atoms with Crippen LogP contribution in [0.3, 0.4) is 0 Å². The molecule has 0 bridgehead atoms. The Bertz CT molecular complexity index is 736. The fraction of sp³-hybridized carbons (Fsp3) is 0.500. The average molecular weight is 370 g/mol. The molecule has 2 aliphatic heterocycles. The van der Waals surface area contributed by atoms with Crippen LogP contribution in [-0.4, -0.2) is 79.2 Å². The van der Waals surface area contributed by atoms with E-state index >= 15 is 0 Å². The molecule has 2 saturated heterocycles. The topological polar surface area (TPSA) is 38.7 Å². The second kappa shape index (κ2) is 8.19. The van der Waals surface area contributed by atoms with Gasteiger partial charge in [-0.05, 0) is 24.7 Å². The molecule has 1 aromatic carbocycles. The number of aromatic nitrogens is 2. The van der Waals surface area contributed by atoms with E-state index in [0.29, 0.717) is 0 Å². The van der Waals surface area contributed by atoms with Crippen molar-refractivity contribution in [3.63, 3.8) is 0 Å². The molecule has 2 fully saturated rings. The maximum Gasteiger partial charge on any atom is 0.134 e. The van der Waals surface area contributed by atoms with Gasteiger partial charge in [-0.2, -0.15) is 0 Å². The van der Waals surface area contributed by atoms with Crippen LogP contribution in [0.25, 0.3) is 0 Å². The zero-order chi connectivity index (χ0) is 18.6. The highest BCUT2D eigenvalue weighted by atomic mass is 19.1. The molecule has 0 atom stereocenters. The van der Waals surface area contributed by atoms with Gasteiger partial charge in [-0.1, -0.05) is 12.1 Å². The first-order chi connectivity index (χ1) is 13.2. The van der Waals surface area contributed by atoms with Gasteiger partial charge < -0.3 is 14.7 Å². The molecule has 0 aliphatic carbocycles. The Morgan fingerprint density at radius 2 is 1.37 bits per heavy atom. The standard InChI is InChI=1S/C20H27FN6/c1-24-6-10-26(11-7-24)19-14-20(23-16-22-19)27-12-8-25(9-13-27)15-17-2-4-18(21)5-3-17/h2-5,14,16H,6-13,15H2,1H3. The number of halogens is 1. The van der Waals surface area contributed by atoms with Gasteiger partial charge in [0.1, 0.15) is 23.8 Å². The molecule has 2 aromatic rings. The summed E-state index contributed by atoms with van der Waals surface area (Å²) < 4.78 is 13.1. The molecule has 3 heterocycles. The Morgan fingerprint density at radius 1 is 0.815 bits per heavy atom. The van der Waals surface area contributed by atoms with Crippen LogP contribution in [0, 0.1) is 5.82 Å². The number of likely N-dealkylation sites (N-methyl/N-ethyl adjacent to an activating group) is 1. The van der Waals surface area contributed by atoms with E-state index in [4.69, 9.17) is 0 Å². The predicted molar refractivity (Wildman–Crippen MR) is 106 cm³/mol. The number of hydrogen-bond acceptors (Lipinski definition) is 6. The molecule has 0 unspecified atom stereocenters. The molecular formula is C20H27FN6. The molecule has 27 heavy (non-hydrogen) atoms. The average Bonchev–Trinajstić information content (AvgIpc) is 2.71. The monoisotopic (exact) mass is 370 g/mol. The first-order valence-electron chi connectivity index (χ1n) is 9.65. The van der Waals surface area contributed by atoms with Gasteiger partial charge in [-0.25, -0.2) is 14.4 Å². The van der Waals surface area contributed by atoms with E-state index in [1.807, 2.05) is 12.1 Å². The molecule has 0 radical (unpaired) electrons. The fourth-order valence-electron chi connectivity index (χ4n) is 3.70. The number of nitrogens with zero attached hydrogens (tertiary/aromatic N) is 6. The van der Waals surface area contributed by atoms with Crippen molar-refractivity contribution in [1.82, 2.24) is 19.8 Å². The molecule has 1 aromatic heterocycles. The lowest BCUT2D eigenvalue weighted by Gasteiger charge is -2.36. The van der Waals surface area contributed by atoms with Crippen LogP contribution in [0.2, 0.25) is 0 Å². The highest BCUT2D eigenvalue weighted by Crippen LogP contribution is 2.20. The minimum Gasteiger partial charge on any atom is -0.354 e. The van der Waals surface area contributed by atoms with Crippen molar-refractivity contribution in [1.29, 1.82) is 0 Å². The summed E-state index contributed by atoms with van der Waals surface area (Å²) in [7, 11) is 2.16. The third-order valence-corrected chi connectivity index (χ3v) is 5.48. The Labute approximate surface area is 160 Å². The van der Waals surface area contributed by atoms with Gasteiger partial charge in [0, 0.05) is 65.0 Å². The summed E-state index contributed by atoms with van der Waals surface area (Å²) in [4.78, 5) is 18.4. The second-order valence-corrected chi connectivity index (χ2v) is 7.41. The maximum absolute atomic E-state index is 13.1. The van der Waals surface area contributed by atoms with Crippen LogP contribution in [0.5, 0.6) is 0 Å². The van der Waals surface area contributed by atoms with Crippen molar-refractivity contribution in [2.24, 2.45) is 0 Å². The van der Waals surface area contributed by atoms with E-state index in [-0.39, 0.29) is 5.82 Å². The molecule has 6 nitrogen and oxygen atoms in total. The minimum atomic E-state index is -0.177. The van der Waals surface area contributed by atoms with Gasteiger partial charge in [0.05, 0.1) is 0 Å². The van der Waals surface area contributed by atoms with Crippen LogP contribution in [0.4, 0.5) is 16.0 Å². The van der Waals surface area contributed by atoms with E-state index in [0.717, 1.165) is 76.1 Å². The van der Waals surface area contributed by atoms with Crippen molar-refractivity contribution in [2.75, 3.05) is 69.2 Å². The highest BCUT2D eigenvalue weighted by molar-refractivity contribution is 5.50. The molecule has 0 spiro atoms. The Balaban J connectivity index is 1.34. The van der Waals surface area contributed by atoms with Crippen LogP contribution in [0.1, 0.15) is 5.56 Å². The van der Waals surface area contributed by atoms with Crippen molar-refractivity contribution < 1.29 is 4.39 Å². The van der Waals surface area contributed by atoms with Crippen molar-refractivity contribution in [3.8, 4) is 0 Å². The number of benzene rings is 1. The summed E-state index contributed by atoms with van der Waals surface area (Å²) in [6.07, 6.45) is 1.69. The van der Waals surface area contributed by atoms with Gasteiger partial charge in [-0.15, -0.1) is 0 Å². The van der Waals surface area contributed by atoms with E-state index in [1.165, 1.54) is 12.1 Å². The molecule has 4 rings (SSSR count). The molecule has 144 valence electrons. The van der Waals surface area contributed by atoms with Crippen molar-refractivity contribution in [2.45, 2.75) is 6.54 Å². The summed E-state index contributed by atoms with van der Waals surface area (Å²) in [6.45, 7) is 8.88. The normalized spacial score (nSPS) is 19.5. The molecule has 0 N–H and O–H groups in total. The Morgan fingerprint density at radius 3 is 1.96 bits per heavy atom. The fourth-order valence-corrected chi connectivity index (χ4v) is 3.70. The molecule has 0 amide bonds. The van der Waals surface area contributed by atoms with Crippen molar-refractivity contribution >= 4 is 11.6 Å². The summed E-state index contributed by atoms with van der Waals surface area (Å²) in [5.74, 6) is 1.87. The number of anilines is 2. The number of rotatable bonds is 4. The quantitative estimate of drug-likeness (QED) is 0.816. The lowest BCUT2D eigenvalue weighted by atomic mass is 10.2. The van der Waals surface area contributed by atoms with Gasteiger partial charge in [-0.3, -0.25) is 4.90 Å². The molecule has 7 heteroatoms. The van der Waals surface area contributed by atoms with Gasteiger partial charge >= 0.3 is 0 Å². The van der Waals surface area contributed by atoms with Crippen LogP contribution >= 0.6 is 0 Å². The van der Waals surface area contributed by atoms with Gasteiger partial charge in [0.25, 0.3) is 0 Å². The SMILES string of the molecule is CN1CCN(c2cc(N3CCN(Cc4ccc(F)cc4)CC3)ncn2)CC1. The minimum absolute atomic E-state index is 0.177. The summed E-state index contributed by atoms with van der Waals surface area (Å²) >= 11 is 0. The summed E-state index contributed by atoms with van der Waals surface area (Å²) in [5, 5.41) is 0. The molecule has 0 saturated carbocycles. The van der Waals surface area contributed by atoms with Crippen LogP contribution < -0.4 is 9.80 Å². The molecule has 2 aliphatic rings. The summed E-state index contributed by atoms with van der Waals surface area (Å²) in [6, 6.07) is 8.93. The smallest absolute Gasteiger partial charge is 0.134 e. The summed E-state index contributed by atoms with van der Waals surface area (Å²) in [5.41, 5.74) is 1.16. The number of piperazine rings is 2. The van der Waals surface area contributed by atoms with E-state index < -0.39 is 0 Å².